The van der Waals surface area contributed by atoms with E-state index in [1.165, 1.54) is 5.56 Å². The van der Waals surface area contributed by atoms with E-state index in [1.54, 1.807) is 26.4 Å². The summed E-state index contributed by atoms with van der Waals surface area (Å²) >= 11 is 0. The number of nitro benzene ring substituents is 1. The molecule has 6 nitrogen and oxygen atoms in total. The first-order valence-corrected chi connectivity index (χ1v) is 8.70. The maximum absolute atomic E-state index is 11.1. The number of hydrogen-bond donors (Lipinski definition) is 0. The monoisotopic (exact) mass is 356 g/mol. The van der Waals surface area contributed by atoms with Crippen LogP contribution in [0.3, 0.4) is 0 Å². The van der Waals surface area contributed by atoms with Gasteiger partial charge >= 0.3 is 0 Å². The summed E-state index contributed by atoms with van der Waals surface area (Å²) < 4.78 is 10.5. The number of ether oxygens (including phenoxy) is 2. The van der Waals surface area contributed by atoms with Crippen molar-refractivity contribution in [2.75, 3.05) is 25.7 Å². The molecule has 138 valence electrons. The Bertz CT molecular complexity index is 776. The molecule has 26 heavy (non-hydrogen) atoms. The summed E-state index contributed by atoms with van der Waals surface area (Å²) in [5.74, 6) is 1.27. The quantitative estimate of drug-likeness (QED) is 0.575. The van der Waals surface area contributed by atoms with E-state index in [9.17, 15) is 10.1 Å². The van der Waals surface area contributed by atoms with E-state index < -0.39 is 0 Å². The van der Waals surface area contributed by atoms with Gasteiger partial charge in [0.2, 0.25) is 0 Å². The van der Waals surface area contributed by atoms with Crippen molar-refractivity contribution in [2.24, 2.45) is 0 Å². The van der Waals surface area contributed by atoms with Crippen molar-refractivity contribution in [3.63, 3.8) is 0 Å². The van der Waals surface area contributed by atoms with Crippen LogP contribution in [0.4, 0.5) is 11.4 Å². The molecule has 1 aliphatic rings. The van der Waals surface area contributed by atoms with Gasteiger partial charge in [0.25, 0.3) is 5.69 Å². The highest BCUT2D eigenvalue weighted by atomic mass is 16.6. The number of nitro groups is 1. The van der Waals surface area contributed by atoms with Crippen LogP contribution in [0.15, 0.2) is 42.5 Å². The maximum atomic E-state index is 11.1. The van der Waals surface area contributed by atoms with Crippen molar-refractivity contribution in [3.8, 4) is 5.75 Å². The summed E-state index contributed by atoms with van der Waals surface area (Å²) in [7, 11) is 3.27. The Labute approximate surface area is 153 Å². The molecule has 0 saturated carbocycles. The fourth-order valence-electron chi connectivity index (χ4n) is 3.72. The average Bonchev–Trinajstić information content (AvgIpc) is 3.03. The minimum atomic E-state index is -0.365. The molecule has 3 rings (SSSR count). The number of nitrogens with zero attached hydrogens (tertiary/aromatic N) is 2. The van der Waals surface area contributed by atoms with Crippen LogP contribution in [0.2, 0.25) is 0 Å². The molecule has 1 saturated heterocycles. The molecular formula is C20H24N2O4. The van der Waals surface area contributed by atoms with E-state index in [2.05, 4.69) is 24.0 Å². The van der Waals surface area contributed by atoms with Gasteiger partial charge in [0.05, 0.1) is 18.6 Å². The summed E-state index contributed by atoms with van der Waals surface area (Å²) in [6, 6.07) is 13.6. The van der Waals surface area contributed by atoms with Gasteiger partial charge in [0.15, 0.2) is 0 Å². The molecule has 2 unspecified atom stereocenters. The highest BCUT2D eigenvalue weighted by Gasteiger charge is 2.31. The third kappa shape index (κ3) is 3.65. The van der Waals surface area contributed by atoms with Crippen LogP contribution in [-0.2, 0) is 11.3 Å². The van der Waals surface area contributed by atoms with Crippen LogP contribution in [0, 0.1) is 10.1 Å². The molecular weight excluding hydrogens is 332 g/mol. The smallest absolute Gasteiger partial charge is 0.269 e. The zero-order chi connectivity index (χ0) is 18.7. The molecule has 0 aromatic heterocycles. The lowest BCUT2D eigenvalue weighted by Crippen LogP contribution is -2.27. The van der Waals surface area contributed by atoms with Crippen molar-refractivity contribution < 1.29 is 14.4 Å². The Hall–Kier alpha value is -2.60. The van der Waals surface area contributed by atoms with Gasteiger partial charge in [-0.2, -0.15) is 0 Å². The molecule has 0 bridgehead atoms. The molecule has 6 heteroatoms. The third-order valence-electron chi connectivity index (χ3n) is 5.05. The van der Waals surface area contributed by atoms with E-state index in [4.69, 9.17) is 9.47 Å². The van der Waals surface area contributed by atoms with Crippen molar-refractivity contribution in [1.29, 1.82) is 0 Å². The van der Waals surface area contributed by atoms with Crippen LogP contribution in [0.1, 0.15) is 30.4 Å². The predicted molar refractivity (Wildman–Crippen MR) is 101 cm³/mol. The Morgan fingerprint density at radius 3 is 2.54 bits per heavy atom. The highest BCUT2D eigenvalue weighted by Crippen LogP contribution is 2.38. The molecule has 2 aromatic carbocycles. The number of anilines is 1. The van der Waals surface area contributed by atoms with Crippen LogP contribution < -0.4 is 9.64 Å². The second-order valence-corrected chi connectivity index (χ2v) is 6.71. The predicted octanol–water partition coefficient (Wildman–Crippen LogP) is 4.13. The first-order chi connectivity index (χ1) is 12.5. The van der Waals surface area contributed by atoms with Crippen molar-refractivity contribution in [2.45, 2.75) is 31.9 Å². The van der Waals surface area contributed by atoms with Gasteiger partial charge in [-0.05, 0) is 37.1 Å². The zero-order valence-electron chi connectivity index (χ0n) is 15.3. The molecule has 0 aliphatic carbocycles. The van der Waals surface area contributed by atoms with E-state index in [0.717, 1.165) is 30.0 Å². The van der Waals surface area contributed by atoms with Crippen LogP contribution in [-0.4, -0.2) is 31.7 Å². The molecule has 0 N–H and O–H groups in total. The lowest BCUT2D eigenvalue weighted by Gasteiger charge is -2.26. The minimum absolute atomic E-state index is 0.0966. The Kier molecular flexibility index (Phi) is 5.42. The normalized spacial score (nSPS) is 19.6. The number of rotatable bonds is 6. The molecule has 2 atom stereocenters. The fourth-order valence-corrected chi connectivity index (χ4v) is 3.72. The lowest BCUT2D eigenvalue weighted by molar-refractivity contribution is -0.384. The third-order valence-corrected chi connectivity index (χ3v) is 5.05. The summed E-state index contributed by atoms with van der Waals surface area (Å²) in [5, 5.41) is 11.1. The van der Waals surface area contributed by atoms with Gasteiger partial charge in [-0.15, -0.1) is 0 Å². The molecule has 1 fully saturated rings. The van der Waals surface area contributed by atoms with E-state index in [0.29, 0.717) is 18.6 Å². The van der Waals surface area contributed by atoms with Crippen molar-refractivity contribution in [3.05, 3.63) is 63.7 Å². The van der Waals surface area contributed by atoms with E-state index in [1.807, 2.05) is 18.2 Å². The van der Waals surface area contributed by atoms with Gasteiger partial charge in [0, 0.05) is 49.0 Å². The van der Waals surface area contributed by atoms with Crippen LogP contribution in [0.5, 0.6) is 5.75 Å². The molecule has 2 aromatic rings. The lowest BCUT2D eigenvalue weighted by atomic mass is 9.97. The Balaban J connectivity index is 1.86. The van der Waals surface area contributed by atoms with Crippen molar-refractivity contribution >= 4 is 11.4 Å². The van der Waals surface area contributed by atoms with Crippen LogP contribution in [0.25, 0.3) is 0 Å². The number of non-ortho nitro benzene ring substituents is 1. The van der Waals surface area contributed by atoms with Gasteiger partial charge in [-0.3, -0.25) is 10.1 Å². The topological polar surface area (TPSA) is 64.8 Å². The summed E-state index contributed by atoms with van der Waals surface area (Å²) in [6.07, 6.45) is 1.04. The van der Waals surface area contributed by atoms with E-state index >= 15 is 0 Å². The standard InChI is InChI=1S/C20H24N2O4/c1-14-10-16(15-4-7-19(26-3)8-5-15)12-21(14)20-9-6-18(22(23)24)11-17(20)13-25-2/h4-9,11,14,16H,10,12-13H2,1-3H3. The Morgan fingerprint density at radius 2 is 1.92 bits per heavy atom. The van der Waals surface area contributed by atoms with Crippen molar-refractivity contribution in [1.82, 2.24) is 0 Å². The first kappa shape index (κ1) is 18.2. The number of hydrogen-bond acceptors (Lipinski definition) is 5. The first-order valence-electron chi connectivity index (χ1n) is 8.70. The second-order valence-electron chi connectivity index (χ2n) is 6.71. The number of methoxy groups -OCH3 is 2. The largest absolute Gasteiger partial charge is 0.497 e. The SMILES string of the molecule is COCc1cc([N+](=O)[O-])ccc1N1CC(c2ccc(OC)cc2)CC1C. The van der Waals surface area contributed by atoms with Gasteiger partial charge < -0.3 is 14.4 Å². The zero-order valence-corrected chi connectivity index (χ0v) is 15.3. The summed E-state index contributed by atoms with van der Waals surface area (Å²) in [6.45, 7) is 3.43. The summed E-state index contributed by atoms with van der Waals surface area (Å²) in [5.41, 5.74) is 3.25. The molecule has 1 aliphatic heterocycles. The Morgan fingerprint density at radius 1 is 1.19 bits per heavy atom. The second kappa shape index (κ2) is 7.74. The van der Waals surface area contributed by atoms with Gasteiger partial charge in [-0.25, -0.2) is 0 Å². The average molecular weight is 356 g/mol. The molecule has 1 heterocycles. The highest BCUT2D eigenvalue weighted by molar-refractivity contribution is 5.59. The maximum Gasteiger partial charge on any atom is 0.269 e. The molecule has 0 radical (unpaired) electrons. The van der Waals surface area contributed by atoms with Crippen LogP contribution >= 0.6 is 0 Å². The fraction of sp³-hybridized carbons (Fsp3) is 0.400. The number of benzene rings is 2. The molecule has 0 amide bonds. The minimum Gasteiger partial charge on any atom is -0.497 e. The molecule has 0 spiro atoms. The summed E-state index contributed by atoms with van der Waals surface area (Å²) in [4.78, 5) is 13.0. The van der Waals surface area contributed by atoms with Gasteiger partial charge in [-0.1, -0.05) is 12.1 Å². The van der Waals surface area contributed by atoms with Gasteiger partial charge in [0.1, 0.15) is 5.75 Å². The van der Waals surface area contributed by atoms with E-state index in [-0.39, 0.29) is 10.6 Å².